The maximum atomic E-state index is 11.6. The number of ketones is 1. The van der Waals surface area contributed by atoms with Crippen molar-refractivity contribution in [2.75, 3.05) is 0 Å². The van der Waals surface area contributed by atoms with Crippen LogP contribution in [0.5, 0.6) is 0 Å². The number of Topliss-reactive ketones (excluding diaryl/α,β-unsaturated/α-hetero) is 1. The second kappa shape index (κ2) is 10.4. The zero-order chi connectivity index (χ0) is 15.4. The summed E-state index contributed by atoms with van der Waals surface area (Å²) in [4.78, 5) is 29.4. The van der Waals surface area contributed by atoms with Gasteiger partial charge in [0.2, 0.25) is 0 Å². The summed E-state index contributed by atoms with van der Waals surface area (Å²) in [5, 5.41) is 17.8. The summed E-state index contributed by atoms with van der Waals surface area (Å²) >= 11 is 0. The normalized spacial score (nSPS) is 26.9. The van der Waals surface area contributed by atoms with Crippen LogP contribution in [0.25, 0.3) is 0 Å². The Hall–Kier alpha value is 0.610. The molecule has 0 radical (unpaired) electrons. The number of aliphatic carboxylic acids is 2. The van der Waals surface area contributed by atoms with Crippen LogP contribution in [0.1, 0.15) is 53.9 Å². The molecule has 0 aromatic heterocycles. The molecule has 0 amide bonds. The molecular weight excluding hydrogens is 294 g/mol. The SMILES string of the molecule is CC(=O)[O-].CC(=O)[O-].CC12CCC(CC1=O)C2(C)C.[Na+].[Na+]. The minimum Gasteiger partial charge on any atom is -0.550 e. The second-order valence-corrected chi connectivity index (χ2v) is 5.90. The van der Waals surface area contributed by atoms with Gasteiger partial charge in [0.15, 0.2) is 0 Å². The van der Waals surface area contributed by atoms with Crippen molar-refractivity contribution in [1.29, 1.82) is 0 Å². The van der Waals surface area contributed by atoms with E-state index in [1.165, 1.54) is 6.42 Å². The topological polar surface area (TPSA) is 97.3 Å². The van der Waals surface area contributed by atoms with Crippen molar-refractivity contribution in [3.8, 4) is 0 Å². The predicted molar refractivity (Wildman–Crippen MR) is 65.6 cm³/mol. The molecule has 0 spiro atoms. The second-order valence-electron chi connectivity index (χ2n) is 5.90. The molecule has 21 heavy (non-hydrogen) atoms. The summed E-state index contributed by atoms with van der Waals surface area (Å²) in [5.41, 5.74) is 0.307. The van der Waals surface area contributed by atoms with Crippen molar-refractivity contribution in [2.24, 2.45) is 16.7 Å². The zero-order valence-electron chi connectivity index (χ0n) is 14.2. The Kier molecular flexibility index (Phi) is 13.1. The van der Waals surface area contributed by atoms with Gasteiger partial charge in [-0.15, -0.1) is 0 Å². The van der Waals surface area contributed by atoms with Crippen LogP contribution in [0.2, 0.25) is 0 Å². The molecular formula is C14H22Na2O5. The van der Waals surface area contributed by atoms with E-state index in [4.69, 9.17) is 19.8 Å². The Morgan fingerprint density at radius 3 is 1.48 bits per heavy atom. The Balaban J connectivity index is -0.000000280. The fourth-order valence-corrected chi connectivity index (χ4v) is 2.90. The van der Waals surface area contributed by atoms with Gasteiger partial charge in [-0.3, -0.25) is 4.79 Å². The Labute approximate surface area is 170 Å². The van der Waals surface area contributed by atoms with Crippen LogP contribution in [0.15, 0.2) is 0 Å². The smallest absolute Gasteiger partial charge is 0.550 e. The van der Waals surface area contributed by atoms with Gasteiger partial charge in [-0.2, -0.15) is 0 Å². The zero-order valence-corrected chi connectivity index (χ0v) is 18.2. The number of carboxylic acids is 2. The number of hydrogen-bond donors (Lipinski definition) is 0. The maximum absolute atomic E-state index is 11.6. The third-order valence-corrected chi connectivity index (χ3v) is 4.48. The molecule has 2 bridgehead atoms. The van der Waals surface area contributed by atoms with E-state index in [2.05, 4.69) is 20.8 Å². The summed E-state index contributed by atoms with van der Waals surface area (Å²) in [6, 6.07) is 0. The van der Waals surface area contributed by atoms with E-state index in [9.17, 15) is 4.79 Å². The number of carbonyl (C=O) groups is 3. The van der Waals surface area contributed by atoms with Crippen molar-refractivity contribution in [2.45, 2.75) is 53.9 Å². The molecule has 0 aliphatic heterocycles. The first-order valence-electron chi connectivity index (χ1n) is 6.33. The van der Waals surface area contributed by atoms with Crippen molar-refractivity contribution < 1.29 is 83.7 Å². The molecule has 110 valence electrons. The number of carbonyl (C=O) groups excluding carboxylic acids is 3. The summed E-state index contributed by atoms with van der Waals surface area (Å²) < 4.78 is 0. The largest absolute Gasteiger partial charge is 1.00 e. The Morgan fingerprint density at radius 2 is 1.38 bits per heavy atom. The molecule has 2 unspecified atom stereocenters. The summed E-state index contributed by atoms with van der Waals surface area (Å²) in [6.07, 6.45) is 3.25. The molecule has 0 heterocycles. The molecule has 0 aromatic carbocycles. The first kappa shape index (κ1) is 26.5. The van der Waals surface area contributed by atoms with Gasteiger partial charge >= 0.3 is 59.1 Å². The van der Waals surface area contributed by atoms with Crippen LogP contribution in [-0.4, -0.2) is 17.7 Å². The first-order chi connectivity index (χ1) is 8.45. The van der Waals surface area contributed by atoms with Crippen LogP contribution >= 0.6 is 0 Å². The molecule has 2 atom stereocenters. The van der Waals surface area contributed by atoms with Gasteiger partial charge in [0, 0.05) is 23.8 Å². The fourth-order valence-electron chi connectivity index (χ4n) is 2.90. The van der Waals surface area contributed by atoms with Crippen LogP contribution in [0, 0.1) is 16.7 Å². The van der Waals surface area contributed by atoms with E-state index in [1.807, 2.05) is 0 Å². The van der Waals surface area contributed by atoms with Crippen molar-refractivity contribution in [3.63, 3.8) is 0 Å². The van der Waals surface area contributed by atoms with E-state index >= 15 is 0 Å². The molecule has 7 heteroatoms. The van der Waals surface area contributed by atoms with Crippen LogP contribution < -0.4 is 69.3 Å². The molecule has 2 aliphatic rings. The van der Waals surface area contributed by atoms with Crippen LogP contribution in [0.3, 0.4) is 0 Å². The van der Waals surface area contributed by atoms with E-state index < -0.39 is 11.9 Å². The van der Waals surface area contributed by atoms with Crippen LogP contribution in [-0.2, 0) is 14.4 Å². The Bertz CT molecular complexity index is 362. The van der Waals surface area contributed by atoms with Gasteiger partial charge in [0.1, 0.15) is 5.78 Å². The van der Waals surface area contributed by atoms with E-state index in [-0.39, 0.29) is 69.9 Å². The minimum atomic E-state index is -1.08. The third kappa shape index (κ3) is 7.14. The Morgan fingerprint density at radius 1 is 1.05 bits per heavy atom. The molecule has 0 aromatic rings. The summed E-state index contributed by atoms with van der Waals surface area (Å²) in [5.74, 6) is -0.973. The van der Waals surface area contributed by atoms with Gasteiger partial charge in [-0.25, -0.2) is 0 Å². The number of carboxylic acid groups (broad SMARTS) is 2. The number of hydrogen-bond acceptors (Lipinski definition) is 5. The van der Waals surface area contributed by atoms with Gasteiger partial charge in [-0.05, 0) is 38.0 Å². The van der Waals surface area contributed by atoms with Gasteiger partial charge < -0.3 is 19.8 Å². The minimum absolute atomic E-state index is 0. The standard InChI is InChI=1S/C10H16O.2C2H4O2.2Na/c1-9(2)7-4-5-10(9,3)8(11)6-7;2*1-2(3)4;;/h7H,4-6H2,1-3H3;2*1H3,(H,3,4);;/q;;;2*+1/p-2. The van der Waals surface area contributed by atoms with Gasteiger partial charge in [0.25, 0.3) is 0 Å². The van der Waals surface area contributed by atoms with Crippen LogP contribution in [0.4, 0.5) is 0 Å². The monoisotopic (exact) mass is 316 g/mol. The number of fused-ring (bicyclic) bond motifs is 2. The van der Waals surface area contributed by atoms with Crippen molar-refractivity contribution >= 4 is 17.7 Å². The molecule has 2 aliphatic carbocycles. The van der Waals surface area contributed by atoms with Gasteiger partial charge in [-0.1, -0.05) is 20.8 Å². The molecule has 2 saturated carbocycles. The van der Waals surface area contributed by atoms with Gasteiger partial charge in [0.05, 0.1) is 0 Å². The predicted octanol–water partition coefficient (Wildman–Crippen LogP) is -6.08. The molecule has 0 saturated heterocycles. The maximum Gasteiger partial charge on any atom is 1.00 e. The average molecular weight is 316 g/mol. The van der Waals surface area contributed by atoms with E-state index in [0.717, 1.165) is 26.7 Å². The van der Waals surface area contributed by atoms with E-state index in [1.54, 1.807) is 0 Å². The third-order valence-electron chi connectivity index (χ3n) is 4.48. The van der Waals surface area contributed by atoms with Crippen molar-refractivity contribution in [3.05, 3.63) is 0 Å². The van der Waals surface area contributed by atoms with Crippen molar-refractivity contribution in [1.82, 2.24) is 0 Å². The average Bonchev–Trinajstić information content (AvgIpc) is 2.48. The summed E-state index contributed by atoms with van der Waals surface area (Å²) in [6.45, 7) is 8.62. The van der Waals surface area contributed by atoms with E-state index in [0.29, 0.717) is 11.7 Å². The summed E-state index contributed by atoms with van der Waals surface area (Å²) in [7, 11) is 0. The molecule has 5 nitrogen and oxygen atoms in total. The molecule has 0 N–H and O–H groups in total. The molecule has 2 rings (SSSR count). The fraction of sp³-hybridized carbons (Fsp3) is 0.786. The quantitative estimate of drug-likeness (QED) is 0.414. The number of rotatable bonds is 0. The molecule has 2 fully saturated rings. The first-order valence-corrected chi connectivity index (χ1v) is 6.33.